The lowest BCUT2D eigenvalue weighted by Gasteiger charge is -2.11. The fourth-order valence-electron chi connectivity index (χ4n) is 2.67. The molecule has 0 aliphatic carbocycles. The Kier molecular flexibility index (Phi) is 8.42. The number of benzene rings is 1. The molecule has 3 N–H and O–H groups in total. The SMILES string of the molecule is CCCCCCCCOc1c(O)c2ccc(OCC(O)CO)cc2oc1=O. The molecule has 2 aromatic rings. The smallest absolute Gasteiger partial charge is 0.383 e. The molecular formula is C20H28O7. The fourth-order valence-corrected chi connectivity index (χ4v) is 2.67. The Morgan fingerprint density at radius 1 is 1.11 bits per heavy atom. The number of hydrogen-bond acceptors (Lipinski definition) is 7. The van der Waals surface area contributed by atoms with Gasteiger partial charge in [0.15, 0.2) is 5.75 Å². The molecule has 7 heteroatoms. The molecule has 27 heavy (non-hydrogen) atoms. The zero-order chi connectivity index (χ0) is 19.6. The number of aliphatic hydroxyl groups excluding tert-OH is 2. The van der Waals surface area contributed by atoms with Crippen LogP contribution in [0.2, 0.25) is 0 Å². The predicted octanol–water partition coefficient (Wildman–Crippen LogP) is 2.97. The Hall–Kier alpha value is -2.25. The van der Waals surface area contributed by atoms with Crippen molar-refractivity contribution >= 4 is 11.0 Å². The molecule has 1 aromatic heterocycles. The van der Waals surface area contributed by atoms with Crippen molar-refractivity contribution in [2.75, 3.05) is 19.8 Å². The Morgan fingerprint density at radius 2 is 1.85 bits per heavy atom. The summed E-state index contributed by atoms with van der Waals surface area (Å²) >= 11 is 0. The standard InChI is InChI=1S/C20H28O7/c1-2-3-4-5-6-7-10-25-19-18(23)16-9-8-15(26-13-14(22)12-21)11-17(16)27-20(19)24/h8-9,11,14,21-23H,2-7,10,12-13H2,1H3. The van der Waals surface area contributed by atoms with Crippen LogP contribution in [0.25, 0.3) is 11.0 Å². The van der Waals surface area contributed by atoms with Crippen LogP contribution >= 0.6 is 0 Å². The minimum atomic E-state index is -1.00. The average Bonchev–Trinajstić information content (AvgIpc) is 2.67. The molecule has 0 aliphatic heterocycles. The first-order valence-electron chi connectivity index (χ1n) is 9.41. The Labute approximate surface area is 158 Å². The lowest BCUT2D eigenvalue weighted by atomic mass is 10.1. The van der Waals surface area contributed by atoms with Crippen molar-refractivity contribution in [3.8, 4) is 17.2 Å². The van der Waals surface area contributed by atoms with Gasteiger partial charge in [-0.25, -0.2) is 4.79 Å². The van der Waals surface area contributed by atoms with Gasteiger partial charge in [0.2, 0.25) is 5.75 Å². The van der Waals surface area contributed by atoms with E-state index in [2.05, 4.69) is 6.92 Å². The molecule has 7 nitrogen and oxygen atoms in total. The molecule has 0 bridgehead atoms. The van der Waals surface area contributed by atoms with Gasteiger partial charge < -0.3 is 29.2 Å². The first-order valence-corrected chi connectivity index (χ1v) is 9.41. The predicted molar refractivity (Wildman–Crippen MR) is 102 cm³/mol. The molecule has 1 aromatic carbocycles. The van der Waals surface area contributed by atoms with E-state index in [0.29, 0.717) is 17.7 Å². The molecule has 0 aliphatic rings. The molecule has 0 fully saturated rings. The summed E-state index contributed by atoms with van der Waals surface area (Å²) in [6, 6.07) is 4.56. The molecule has 1 atom stereocenters. The minimum Gasteiger partial charge on any atom is -0.504 e. The number of fused-ring (bicyclic) bond motifs is 1. The summed E-state index contributed by atoms with van der Waals surface area (Å²) in [7, 11) is 0. The molecule has 0 spiro atoms. The van der Waals surface area contributed by atoms with E-state index < -0.39 is 18.3 Å². The van der Waals surface area contributed by atoms with Crippen LogP contribution in [0.1, 0.15) is 45.4 Å². The van der Waals surface area contributed by atoms with Crippen LogP contribution in [-0.2, 0) is 0 Å². The summed E-state index contributed by atoms with van der Waals surface area (Å²) in [5, 5.41) is 28.8. The van der Waals surface area contributed by atoms with Gasteiger partial charge in [-0.2, -0.15) is 0 Å². The van der Waals surface area contributed by atoms with Crippen LogP contribution in [0.5, 0.6) is 17.2 Å². The number of ether oxygens (including phenoxy) is 2. The third-order valence-electron chi connectivity index (χ3n) is 4.21. The first kappa shape index (κ1) is 21.1. The topological polar surface area (TPSA) is 109 Å². The van der Waals surface area contributed by atoms with Gasteiger partial charge in [-0.3, -0.25) is 0 Å². The second-order valence-electron chi connectivity index (χ2n) is 6.49. The Balaban J connectivity index is 2.01. The Morgan fingerprint density at radius 3 is 2.59 bits per heavy atom. The van der Waals surface area contributed by atoms with E-state index in [1.807, 2.05) is 0 Å². The molecule has 0 radical (unpaired) electrons. The van der Waals surface area contributed by atoms with Crippen molar-refractivity contribution in [1.29, 1.82) is 0 Å². The third kappa shape index (κ3) is 6.15. The summed E-state index contributed by atoms with van der Waals surface area (Å²) in [4.78, 5) is 12.1. The molecule has 1 heterocycles. The highest BCUT2D eigenvalue weighted by atomic mass is 16.5. The quantitative estimate of drug-likeness (QED) is 0.384. The molecule has 0 amide bonds. The molecule has 0 saturated carbocycles. The number of unbranched alkanes of at least 4 members (excludes halogenated alkanes) is 5. The molecule has 150 valence electrons. The normalized spacial score (nSPS) is 12.3. The van der Waals surface area contributed by atoms with E-state index in [1.54, 1.807) is 12.1 Å². The van der Waals surface area contributed by atoms with Crippen molar-refractivity contribution in [2.45, 2.75) is 51.6 Å². The summed E-state index contributed by atoms with van der Waals surface area (Å²) in [5.74, 6) is -0.0899. The number of aromatic hydroxyl groups is 1. The summed E-state index contributed by atoms with van der Waals surface area (Å²) in [6.45, 7) is 2.00. The van der Waals surface area contributed by atoms with E-state index >= 15 is 0 Å². The van der Waals surface area contributed by atoms with Crippen LogP contribution in [0.3, 0.4) is 0 Å². The zero-order valence-corrected chi connectivity index (χ0v) is 15.6. The highest BCUT2D eigenvalue weighted by Crippen LogP contribution is 2.33. The Bertz CT molecular complexity index is 769. The average molecular weight is 380 g/mol. The van der Waals surface area contributed by atoms with Crippen LogP contribution < -0.4 is 15.1 Å². The minimum absolute atomic E-state index is 0.0995. The second kappa shape index (κ2) is 10.8. The van der Waals surface area contributed by atoms with Crippen molar-refractivity contribution in [2.24, 2.45) is 0 Å². The van der Waals surface area contributed by atoms with E-state index in [0.717, 1.165) is 19.3 Å². The first-order chi connectivity index (χ1) is 13.1. The van der Waals surface area contributed by atoms with Gasteiger partial charge in [-0.1, -0.05) is 39.0 Å². The van der Waals surface area contributed by atoms with Gasteiger partial charge in [0.25, 0.3) is 0 Å². The van der Waals surface area contributed by atoms with Gasteiger partial charge in [-0.15, -0.1) is 0 Å². The fraction of sp³-hybridized carbons (Fsp3) is 0.550. The van der Waals surface area contributed by atoms with Gasteiger partial charge in [-0.05, 0) is 18.6 Å². The van der Waals surface area contributed by atoms with E-state index in [4.69, 9.17) is 19.0 Å². The second-order valence-corrected chi connectivity index (χ2v) is 6.49. The van der Waals surface area contributed by atoms with Gasteiger partial charge in [0, 0.05) is 6.07 Å². The summed E-state index contributed by atoms with van der Waals surface area (Å²) in [6.07, 6.45) is 5.56. The van der Waals surface area contributed by atoms with E-state index in [9.17, 15) is 15.0 Å². The number of aliphatic hydroxyl groups is 2. The molecule has 0 saturated heterocycles. The number of rotatable bonds is 12. The maximum Gasteiger partial charge on any atom is 0.383 e. The summed E-state index contributed by atoms with van der Waals surface area (Å²) in [5.41, 5.74) is -0.598. The molecule has 1 unspecified atom stereocenters. The van der Waals surface area contributed by atoms with Crippen LogP contribution in [0.15, 0.2) is 27.4 Å². The lowest BCUT2D eigenvalue weighted by Crippen LogP contribution is -2.21. The maximum atomic E-state index is 12.1. The molecular weight excluding hydrogens is 352 g/mol. The largest absolute Gasteiger partial charge is 0.504 e. The van der Waals surface area contributed by atoms with Crippen LogP contribution in [0.4, 0.5) is 0 Å². The van der Waals surface area contributed by atoms with Crippen molar-refractivity contribution < 1.29 is 29.2 Å². The zero-order valence-electron chi connectivity index (χ0n) is 15.6. The highest BCUT2D eigenvalue weighted by Gasteiger charge is 2.16. The van der Waals surface area contributed by atoms with Gasteiger partial charge in [0.05, 0.1) is 18.6 Å². The van der Waals surface area contributed by atoms with Gasteiger partial charge in [0.1, 0.15) is 24.0 Å². The maximum absolute atomic E-state index is 12.1. The number of hydrogen-bond donors (Lipinski definition) is 3. The molecule has 2 rings (SSSR count). The monoisotopic (exact) mass is 380 g/mol. The lowest BCUT2D eigenvalue weighted by molar-refractivity contribution is 0.0536. The summed E-state index contributed by atoms with van der Waals surface area (Å²) < 4.78 is 16.0. The third-order valence-corrected chi connectivity index (χ3v) is 4.21. The van der Waals surface area contributed by atoms with E-state index in [-0.39, 0.29) is 23.7 Å². The van der Waals surface area contributed by atoms with Crippen LogP contribution in [0, 0.1) is 0 Å². The highest BCUT2D eigenvalue weighted by molar-refractivity contribution is 5.86. The van der Waals surface area contributed by atoms with E-state index in [1.165, 1.54) is 25.3 Å². The van der Waals surface area contributed by atoms with Crippen molar-refractivity contribution in [1.82, 2.24) is 0 Å². The van der Waals surface area contributed by atoms with Crippen molar-refractivity contribution in [3.63, 3.8) is 0 Å². The van der Waals surface area contributed by atoms with Crippen molar-refractivity contribution in [3.05, 3.63) is 28.6 Å². The van der Waals surface area contributed by atoms with Gasteiger partial charge >= 0.3 is 5.63 Å². The van der Waals surface area contributed by atoms with Crippen LogP contribution in [-0.4, -0.2) is 41.2 Å².